The minimum atomic E-state index is -0.947. The lowest BCUT2D eigenvalue weighted by molar-refractivity contribution is -0.139. The SMILES string of the molecule is CC1OCCC1N(C)C(=O)C(C)(C)C#N. The van der Waals surface area contributed by atoms with Gasteiger partial charge in [0.25, 0.3) is 0 Å². The van der Waals surface area contributed by atoms with Gasteiger partial charge in [-0.2, -0.15) is 5.26 Å². The highest BCUT2D eigenvalue weighted by Crippen LogP contribution is 2.24. The lowest BCUT2D eigenvalue weighted by Crippen LogP contribution is -2.46. The number of hydrogen-bond acceptors (Lipinski definition) is 3. The van der Waals surface area contributed by atoms with Gasteiger partial charge >= 0.3 is 0 Å². The zero-order valence-corrected chi connectivity index (χ0v) is 9.78. The first-order chi connectivity index (χ1) is 6.90. The summed E-state index contributed by atoms with van der Waals surface area (Å²) in [5.41, 5.74) is -0.947. The van der Waals surface area contributed by atoms with E-state index in [2.05, 4.69) is 0 Å². The van der Waals surface area contributed by atoms with E-state index in [9.17, 15) is 4.79 Å². The van der Waals surface area contributed by atoms with Gasteiger partial charge in [-0.3, -0.25) is 4.79 Å². The Hall–Kier alpha value is -1.08. The van der Waals surface area contributed by atoms with E-state index < -0.39 is 5.41 Å². The fraction of sp³-hybridized carbons (Fsp3) is 0.818. The summed E-state index contributed by atoms with van der Waals surface area (Å²) in [6, 6.07) is 2.13. The molecule has 1 saturated heterocycles. The molecule has 0 aromatic rings. The zero-order valence-electron chi connectivity index (χ0n) is 9.78. The van der Waals surface area contributed by atoms with E-state index >= 15 is 0 Å². The predicted octanol–water partition coefficient (Wildman–Crippen LogP) is 1.17. The molecule has 4 nitrogen and oxygen atoms in total. The minimum Gasteiger partial charge on any atom is -0.376 e. The molecule has 0 aromatic carbocycles. The highest BCUT2D eigenvalue weighted by atomic mass is 16.5. The van der Waals surface area contributed by atoms with E-state index in [1.165, 1.54) is 0 Å². The average molecular weight is 210 g/mol. The van der Waals surface area contributed by atoms with Gasteiger partial charge < -0.3 is 9.64 Å². The van der Waals surface area contributed by atoms with Crippen molar-refractivity contribution in [1.29, 1.82) is 5.26 Å². The van der Waals surface area contributed by atoms with Gasteiger partial charge in [0.1, 0.15) is 5.41 Å². The summed E-state index contributed by atoms with van der Waals surface area (Å²) in [4.78, 5) is 13.6. The van der Waals surface area contributed by atoms with Crippen molar-refractivity contribution in [1.82, 2.24) is 4.90 Å². The molecule has 1 heterocycles. The maximum atomic E-state index is 12.0. The first-order valence-corrected chi connectivity index (χ1v) is 5.20. The van der Waals surface area contributed by atoms with E-state index in [0.29, 0.717) is 6.61 Å². The molecule has 1 amide bonds. The molecular weight excluding hydrogens is 192 g/mol. The molecule has 1 aliphatic rings. The van der Waals surface area contributed by atoms with Crippen molar-refractivity contribution >= 4 is 5.91 Å². The van der Waals surface area contributed by atoms with Crippen molar-refractivity contribution in [2.45, 2.75) is 39.3 Å². The van der Waals surface area contributed by atoms with Crippen molar-refractivity contribution in [3.63, 3.8) is 0 Å². The van der Waals surface area contributed by atoms with Crippen LogP contribution in [0.1, 0.15) is 27.2 Å². The molecular formula is C11H18N2O2. The third-order valence-electron chi connectivity index (χ3n) is 2.97. The predicted molar refractivity (Wildman–Crippen MR) is 56.0 cm³/mol. The van der Waals surface area contributed by atoms with Crippen molar-refractivity contribution in [2.24, 2.45) is 5.41 Å². The average Bonchev–Trinajstić information content (AvgIpc) is 2.62. The van der Waals surface area contributed by atoms with Gasteiger partial charge in [0.15, 0.2) is 0 Å². The van der Waals surface area contributed by atoms with Crippen molar-refractivity contribution < 1.29 is 9.53 Å². The van der Waals surface area contributed by atoms with Crippen molar-refractivity contribution in [2.75, 3.05) is 13.7 Å². The van der Waals surface area contributed by atoms with Crippen LogP contribution in [0.3, 0.4) is 0 Å². The summed E-state index contributed by atoms with van der Waals surface area (Å²) >= 11 is 0. The second-order valence-corrected chi connectivity index (χ2v) is 4.58. The van der Waals surface area contributed by atoms with Gasteiger partial charge in [-0.1, -0.05) is 0 Å². The third kappa shape index (κ3) is 2.29. The van der Waals surface area contributed by atoms with E-state index in [-0.39, 0.29) is 18.1 Å². The quantitative estimate of drug-likeness (QED) is 0.687. The first kappa shape index (κ1) is 12.0. The van der Waals surface area contributed by atoms with Gasteiger partial charge in [0, 0.05) is 13.7 Å². The van der Waals surface area contributed by atoms with Crippen LogP contribution in [-0.4, -0.2) is 36.6 Å². The van der Waals surface area contributed by atoms with Crippen LogP contribution >= 0.6 is 0 Å². The number of likely N-dealkylation sites (N-methyl/N-ethyl adjacent to an activating group) is 1. The van der Waals surface area contributed by atoms with E-state index in [1.807, 2.05) is 13.0 Å². The molecule has 1 fully saturated rings. The summed E-state index contributed by atoms with van der Waals surface area (Å²) in [6.45, 7) is 5.94. The molecule has 0 aliphatic carbocycles. The van der Waals surface area contributed by atoms with Gasteiger partial charge in [0.2, 0.25) is 5.91 Å². The Labute approximate surface area is 90.8 Å². The summed E-state index contributed by atoms with van der Waals surface area (Å²) in [6.07, 6.45) is 0.915. The topological polar surface area (TPSA) is 53.3 Å². The van der Waals surface area contributed by atoms with Gasteiger partial charge in [-0.25, -0.2) is 0 Å². The number of hydrogen-bond donors (Lipinski definition) is 0. The van der Waals surface area contributed by atoms with E-state index in [1.54, 1.807) is 25.8 Å². The third-order valence-corrected chi connectivity index (χ3v) is 2.97. The number of rotatable bonds is 2. The number of nitriles is 1. The van der Waals surface area contributed by atoms with Crippen LogP contribution < -0.4 is 0 Å². The molecule has 0 saturated carbocycles. The largest absolute Gasteiger partial charge is 0.376 e. The second-order valence-electron chi connectivity index (χ2n) is 4.58. The number of carbonyl (C=O) groups excluding carboxylic acids is 1. The van der Waals surface area contributed by atoms with Gasteiger partial charge in [-0.05, 0) is 27.2 Å². The van der Waals surface area contributed by atoms with E-state index in [4.69, 9.17) is 10.00 Å². The van der Waals surface area contributed by atoms with Gasteiger partial charge in [0.05, 0.1) is 18.2 Å². The molecule has 0 aromatic heterocycles. The number of amides is 1. The molecule has 1 aliphatic heterocycles. The van der Waals surface area contributed by atoms with Crippen LogP contribution in [0.25, 0.3) is 0 Å². The maximum absolute atomic E-state index is 12.0. The van der Waals surface area contributed by atoms with Crippen LogP contribution in [0.15, 0.2) is 0 Å². The molecule has 1 rings (SSSR count). The molecule has 2 atom stereocenters. The standard InChI is InChI=1S/C11H18N2O2/c1-8-9(5-6-15-8)13(4)10(14)11(2,3)7-12/h8-9H,5-6H2,1-4H3. The molecule has 15 heavy (non-hydrogen) atoms. The van der Waals surface area contributed by atoms with E-state index in [0.717, 1.165) is 6.42 Å². The van der Waals surface area contributed by atoms with Gasteiger partial charge in [-0.15, -0.1) is 0 Å². The molecule has 0 N–H and O–H groups in total. The molecule has 0 radical (unpaired) electrons. The van der Waals surface area contributed by atoms with Crippen LogP contribution in [-0.2, 0) is 9.53 Å². The van der Waals surface area contributed by atoms with Crippen molar-refractivity contribution in [3.05, 3.63) is 0 Å². The summed E-state index contributed by atoms with van der Waals surface area (Å²) in [7, 11) is 1.75. The van der Waals surface area contributed by atoms with Crippen LogP contribution in [0.2, 0.25) is 0 Å². The smallest absolute Gasteiger partial charge is 0.242 e. The Morgan fingerprint density at radius 2 is 2.20 bits per heavy atom. The summed E-state index contributed by atoms with van der Waals surface area (Å²) < 4.78 is 5.41. The lowest BCUT2D eigenvalue weighted by Gasteiger charge is -2.30. The lowest BCUT2D eigenvalue weighted by atomic mass is 9.93. The first-order valence-electron chi connectivity index (χ1n) is 5.20. The fourth-order valence-electron chi connectivity index (χ4n) is 1.87. The minimum absolute atomic E-state index is 0.0634. The summed E-state index contributed by atoms with van der Waals surface area (Å²) in [5, 5.41) is 8.89. The normalized spacial score (nSPS) is 26.1. The number of carbonyl (C=O) groups is 1. The molecule has 0 spiro atoms. The molecule has 4 heteroatoms. The second kappa shape index (κ2) is 4.19. The Morgan fingerprint density at radius 1 is 1.60 bits per heavy atom. The highest BCUT2D eigenvalue weighted by Gasteiger charge is 2.37. The molecule has 2 unspecified atom stereocenters. The maximum Gasteiger partial charge on any atom is 0.242 e. The highest BCUT2D eigenvalue weighted by molar-refractivity contribution is 5.84. The molecule has 0 bridgehead atoms. The van der Waals surface area contributed by atoms with Crippen molar-refractivity contribution in [3.8, 4) is 6.07 Å². The van der Waals surface area contributed by atoms with Crippen LogP contribution in [0.5, 0.6) is 0 Å². The monoisotopic (exact) mass is 210 g/mol. The number of ether oxygens (including phenoxy) is 1. The van der Waals surface area contributed by atoms with Crippen LogP contribution in [0.4, 0.5) is 0 Å². The fourth-order valence-corrected chi connectivity index (χ4v) is 1.87. The molecule has 84 valence electrons. The Kier molecular flexibility index (Phi) is 3.35. The Morgan fingerprint density at radius 3 is 2.60 bits per heavy atom. The Balaban J connectivity index is 2.73. The summed E-state index contributed by atoms with van der Waals surface area (Å²) in [5.74, 6) is -0.132. The zero-order chi connectivity index (χ0) is 11.6. The number of nitrogens with zero attached hydrogens (tertiary/aromatic N) is 2. The van der Waals surface area contributed by atoms with Crippen LogP contribution in [0, 0.1) is 16.7 Å². The Bertz CT molecular complexity index is 293.